The molecule has 0 radical (unpaired) electrons. The first-order valence-electron chi connectivity index (χ1n) is 11.1. The van der Waals surface area contributed by atoms with Gasteiger partial charge in [-0.15, -0.1) is 0 Å². The lowest BCUT2D eigenvalue weighted by Gasteiger charge is -2.19. The molecule has 1 N–H and O–H groups in total. The predicted octanol–water partition coefficient (Wildman–Crippen LogP) is 6.20. The Labute approximate surface area is 198 Å². The van der Waals surface area contributed by atoms with Crippen LogP contribution in [0.1, 0.15) is 5.56 Å². The van der Waals surface area contributed by atoms with Crippen molar-refractivity contribution in [1.82, 2.24) is 5.32 Å². The Morgan fingerprint density at radius 2 is 1.58 bits per heavy atom. The van der Waals surface area contributed by atoms with Crippen molar-refractivity contribution in [2.24, 2.45) is 4.99 Å². The number of halogens is 1. The fourth-order valence-electron chi connectivity index (χ4n) is 4.22. The fraction of sp³-hybridized carbons (Fsp3) is 0.179. The van der Waals surface area contributed by atoms with Gasteiger partial charge in [0.1, 0.15) is 18.2 Å². The van der Waals surface area contributed by atoms with Gasteiger partial charge in [0, 0.05) is 24.2 Å². The van der Waals surface area contributed by atoms with E-state index < -0.39 is 0 Å². The molecule has 0 saturated carbocycles. The summed E-state index contributed by atoms with van der Waals surface area (Å²) < 4.78 is 11.6. The highest BCUT2D eigenvalue weighted by molar-refractivity contribution is 6.30. The molecule has 1 aliphatic heterocycles. The molecule has 5 heteroatoms. The Morgan fingerprint density at radius 3 is 2.27 bits per heavy atom. The van der Waals surface area contributed by atoms with Crippen LogP contribution in [0.3, 0.4) is 0 Å². The van der Waals surface area contributed by atoms with Gasteiger partial charge in [-0.3, -0.25) is 4.99 Å². The summed E-state index contributed by atoms with van der Waals surface area (Å²) in [5, 5.41) is 6.44. The van der Waals surface area contributed by atoms with Crippen LogP contribution in [-0.2, 0) is 4.74 Å². The van der Waals surface area contributed by atoms with Gasteiger partial charge < -0.3 is 14.8 Å². The molecule has 33 heavy (non-hydrogen) atoms. The van der Waals surface area contributed by atoms with Crippen molar-refractivity contribution in [2.45, 2.75) is 0 Å². The highest BCUT2D eigenvalue weighted by Crippen LogP contribution is 2.41. The number of fused-ring (bicyclic) bond motifs is 1. The van der Waals surface area contributed by atoms with Crippen LogP contribution in [0.4, 0.5) is 0 Å². The third-order valence-electron chi connectivity index (χ3n) is 5.82. The van der Waals surface area contributed by atoms with Crippen LogP contribution in [0.2, 0.25) is 5.02 Å². The third kappa shape index (κ3) is 4.45. The minimum absolute atomic E-state index is 0.463. The summed E-state index contributed by atoms with van der Waals surface area (Å²) in [5.41, 5.74) is 5.42. The van der Waals surface area contributed by atoms with E-state index in [0.29, 0.717) is 13.2 Å². The SMILES string of the molecule is COCCOc1c(C2=NCCN2)cc2ccccc2c1-c1ccc(-c2ccc(Cl)cc2)cc1. The van der Waals surface area contributed by atoms with Gasteiger partial charge in [-0.2, -0.15) is 0 Å². The zero-order valence-corrected chi connectivity index (χ0v) is 19.2. The van der Waals surface area contributed by atoms with E-state index in [9.17, 15) is 0 Å². The quantitative estimate of drug-likeness (QED) is 0.336. The zero-order chi connectivity index (χ0) is 22.6. The van der Waals surface area contributed by atoms with E-state index in [0.717, 1.165) is 68.3 Å². The van der Waals surface area contributed by atoms with Gasteiger partial charge in [-0.1, -0.05) is 72.3 Å². The second-order valence-electron chi connectivity index (χ2n) is 7.93. The topological polar surface area (TPSA) is 42.9 Å². The smallest absolute Gasteiger partial charge is 0.138 e. The Hall–Kier alpha value is -3.34. The van der Waals surface area contributed by atoms with Crippen LogP contribution >= 0.6 is 11.6 Å². The molecule has 4 aromatic carbocycles. The Kier molecular flexibility index (Phi) is 6.29. The van der Waals surface area contributed by atoms with Crippen molar-refractivity contribution in [1.29, 1.82) is 0 Å². The first-order valence-corrected chi connectivity index (χ1v) is 11.4. The maximum atomic E-state index is 6.35. The molecule has 0 unspecified atom stereocenters. The molecule has 166 valence electrons. The summed E-state index contributed by atoms with van der Waals surface area (Å²) >= 11 is 6.06. The van der Waals surface area contributed by atoms with Crippen molar-refractivity contribution in [3.63, 3.8) is 0 Å². The molecule has 0 spiro atoms. The minimum atomic E-state index is 0.463. The number of nitrogens with one attached hydrogen (secondary N) is 1. The van der Waals surface area contributed by atoms with Gasteiger partial charge >= 0.3 is 0 Å². The Balaban J connectivity index is 1.66. The first kappa shape index (κ1) is 21.5. The number of nitrogens with zero attached hydrogens (tertiary/aromatic N) is 1. The summed E-state index contributed by atoms with van der Waals surface area (Å²) in [7, 11) is 1.68. The average molecular weight is 457 g/mol. The summed E-state index contributed by atoms with van der Waals surface area (Å²) in [4.78, 5) is 4.68. The molecule has 4 aromatic rings. The number of benzene rings is 4. The van der Waals surface area contributed by atoms with E-state index in [-0.39, 0.29) is 0 Å². The first-order chi connectivity index (χ1) is 16.2. The van der Waals surface area contributed by atoms with E-state index in [1.165, 1.54) is 0 Å². The van der Waals surface area contributed by atoms with E-state index in [4.69, 9.17) is 21.1 Å². The lowest BCUT2D eigenvalue weighted by atomic mass is 9.92. The molecule has 0 amide bonds. The lowest BCUT2D eigenvalue weighted by molar-refractivity contribution is 0.146. The second kappa shape index (κ2) is 9.65. The van der Waals surface area contributed by atoms with Gasteiger partial charge in [-0.05, 0) is 45.7 Å². The number of hydrogen-bond acceptors (Lipinski definition) is 4. The monoisotopic (exact) mass is 456 g/mol. The average Bonchev–Trinajstić information content (AvgIpc) is 3.39. The number of aliphatic imine (C=N–C) groups is 1. The molecule has 0 aromatic heterocycles. The maximum Gasteiger partial charge on any atom is 0.138 e. The van der Waals surface area contributed by atoms with Crippen LogP contribution < -0.4 is 10.1 Å². The van der Waals surface area contributed by atoms with Crippen molar-refractivity contribution in [3.8, 4) is 28.0 Å². The predicted molar refractivity (Wildman–Crippen MR) is 137 cm³/mol. The zero-order valence-electron chi connectivity index (χ0n) is 18.5. The molecular weight excluding hydrogens is 432 g/mol. The fourth-order valence-corrected chi connectivity index (χ4v) is 4.34. The van der Waals surface area contributed by atoms with Crippen molar-refractivity contribution in [2.75, 3.05) is 33.4 Å². The molecule has 4 nitrogen and oxygen atoms in total. The minimum Gasteiger partial charge on any atom is -0.490 e. The largest absolute Gasteiger partial charge is 0.490 e. The number of rotatable bonds is 7. The molecule has 0 aliphatic carbocycles. The van der Waals surface area contributed by atoms with Crippen molar-refractivity contribution < 1.29 is 9.47 Å². The van der Waals surface area contributed by atoms with Gasteiger partial charge in [0.05, 0.1) is 18.7 Å². The summed E-state index contributed by atoms with van der Waals surface area (Å²) in [6.07, 6.45) is 0. The van der Waals surface area contributed by atoms with E-state index in [2.05, 4.69) is 64.9 Å². The van der Waals surface area contributed by atoms with Crippen LogP contribution in [0, 0.1) is 0 Å². The van der Waals surface area contributed by atoms with E-state index >= 15 is 0 Å². The number of amidine groups is 1. The molecule has 0 saturated heterocycles. The van der Waals surface area contributed by atoms with Gasteiger partial charge in [0.25, 0.3) is 0 Å². The van der Waals surface area contributed by atoms with Crippen LogP contribution in [0.5, 0.6) is 5.75 Å². The second-order valence-corrected chi connectivity index (χ2v) is 8.37. The molecule has 0 atom stereocenters. The number of methoxy groups -OCH3 is 1. The highest BCUT2D eigenvalue weighted by atomic mass is 35.5. The molecule has 5 rings (SSSR count). The summed E-state index contributed by atoms with van der Waals surface area (Å²) in [5.74, 6) is 1.71. The lowest BCUT2D eigenvalue weighted by Crippen LogP contribution is -2.21. The maximum absolute atomic E-state index is 6.35. The van der Waals surface area contributed by atoms with Gasteiger partial charge in [0.15, 0.2) is 0 Å². The Bertz CT molecular complexity index is 1300. The standard InChI is InChI=1S/C28H25ClN2O2/c1-32-16-17-33-27-25(28-30-14-15-31-28)18-22-4-2-3-5-24(22)26(27)21-8-6-19(7-9-21)20-10-12-23(29)13-11-20/h2-13,18H,14-17H2,1H3,(H,30,31). The van der Waals surface area contributed by atoms with Crippen LogP contribution in [-0.4, -0.2) is 39.2 Å². The number of ether oxygens (including phenoxy) is 2. The normalized spacial score (nSPS) is 13.1. The molecule has 1 aliphatic rings. The summed E-state index contributed by atoms with van der Waals surface area (Å²) in [6.45, 7) is 2.59. The van der Waals surface area contributed by atoms with E-state index in [1.807, 2.05) is 24.3 Å². The molecule has 0 fully saturated rings. The number of hydrogen-bond donors (Lipinski definition) is 1. The van der Waals surface area contributed by atoms with Gasteiger partial charge in [0.2, 0.25) is 0 Å². The third-order valence-corrected chi connectivity index (χ3v) is 6.07. The highest BCUT2D eigenvalue weighted by Gasteiger charge is 2.21. The van der Waals surface area contributed by atoms with E-state index in [1.54, 1.807) is 7.11 Å². The van der Waals surface area contributed by atoms with Crippen molar-refractivity contribution in [3.05, 3.63) is 89.4 Å². The molecule has 0 bridgehead atoms. The van der Waals surface area contributed by atoms with Crippen LogP contribution in [0.15, 0.2) is 83.9 Å². The Morgan fingerprint density at radius 1 is 0.879 bits per heavy atom. The molecule has 1 heterocycles. The summed E-state index contributed by atoms with van der Waals surface area (Å²) in [6, 6.07) is 27.1. The van der Waals surface area contributed by atoms with Crippen molar-refractivity contribution >= 4 is 28.2 Å². The van der Waals surface area contributed by atoms with Gasteiger partial charge in [-0.25, -0.2) is 0 Å². The van der Waals surface area contributed by atoms with Crippen LogP contribution in [0.25, 0.3) is 33.0 Å². The molecular formula is C28H25ClN2O2.